The SMILES string of the molecule is N#Cc1c(OCC23CCCN2CCC3)nc(N2CCN(C(=O)OCc3ccccc3)CC2)c2c1CN(Cc1ccccc1)CC2. The lowest BCUT2D eigenvalue weighted by Gasteiger charge is -2.38. The number of ether oxygens (including phenoxy) is 2. The number of benzene rings is 2. The number of amides is 1. The normalized spacial score (nSPS) is 19.5. The van der Waals surface area contributed by atoms with Gasteiger partial charge in [-0.05, 0) is 61.9 Å². The molecular weight excluding hydrogens is 564 g/mol. The minimum atomic E-state index is -0.286. The third-order valence-electron chi connectivity index (χ3n) is 10.1. The monoisotopic (exact) mass is 606 g/mol. The lowest BCUT2D eigenvalue weighted by atomic mass is 9.94. The minimum absolute atomic E-state index is 0.0650. The molecule has 0 saturated carbocycles. The molecule has 0 spiro atoms. The van der Waals surface area contributed by atoms with E-state index in [2.05, 4.69) is 45.0 Å². The van der Waals surface area contributed by atoms with Crippen LogP contribution in [0, 0.1) is 11.3 Å². The van der Waals surface area contributed by atoms with Crippen LogP contribution in [0.5, 0.6) is 5.88 Å². The molecular formula is C36H42N6O3. The van der Waals surface area contributed by atoms with E-state index >= 15 is 0 Å². The average molecular weight is 607 g/mol. The summed E-state index contributed by atoms with van der Waals surface area (Å²) < 4.78 is 12.2. The summed E-state index contributed by atoms with van der Waals surface area (Å²) in [6, 6.07) is 22.8. The van der Waals surface area contributed by atoms with Gasteiger partial charge in [0.15, 0.2) is 0 Å². The molecule has 4 aliphatic heterocycles. The fourth-order valence-electron chi connectivity index (χ4n) is 7.68. The van der Waals surface area contributed by atoms with Gasteiger partial charge >= 0.3 is 6.09 Å². The van der Waals surface area contributed by atoms with E-state index in [9.17, 15) is 10.1 Å². The Hall–Kier alpha value is -4.13. The van der Waals surface area contributed by atoms with Gasteiger partial charge in [0.05, 0.1) is 5.54 Å². The summed E-state index contributed by atoms with van der Waals surface area (Å²) >= 11 is 0. The molecule has 3 aromatic rings. The molecule has 234 valence electrons. The Bertz CT molecular complexity index is 1520. The predicted molar refractivity (Wildman–Crippen MR) is 172 cm³/mol. The van der Waals surface area contributed by atoms with E-state index < -0.39 is 0 Å². The van der Waals surface area contributed by atoms with Crippen LogP contribution in [0.15, 0.2) is 60.7 Å². The third-order valence-corrected chi connectivity index (χ3v) is 10.1. The van der Waals surface area contributed by atoms with Crippen molar-refractivity contribution in [2.45, 2.75) is 57.3 Å². The topological polar surface area (TPSA) is 85.2 Å². The van der Waals surface area contributed by atoms with Crippen molar-refractivity contribution in [2.24, 2.45) is 0 Å². The Morgan fingerprint density at radius 2 is 1.56 bits per heavy atom. The molecule has 5 heterocycles. The van der Waals surface area contributed by atoms with Crippen molar-refractivity contribution in [3.05, 3.63) is 88.5 Å². The van der Waals surface area contributed by atoms with Gasteiger partial charge in [0.25, 0.3) is 0 Å². The first-order valence-corrected chi connectivity index (χ1v) is 16.4. The Labute approximate surface area is 265 Å². The number of nitrogens with zero attached hydrogens (tertiary/aromatic N) is 6. The molecule has 3 saturated heterocycles. The van der Waals surface area contributed by atoms with Crippen LogP contribution in [0.2, 0.25) is 0 Å². The van der Waals surface area contributed by atoms with E-state index in [4.69, 9.17) is 14.5 Å². The number of hydrogen-bond donors (Lipinski definition) is 0. The standard InChI is InChI=1S/C36H42N6O3/c37-23-31-32-25-39(24-28-9-3-1-4-10-28)18-13-30(32)33(38-34(31)45-27-36-14-7-16-42(36)17-8-15-36)40-19-21-41(22-20-40)35(43)44-26-29-11-5-2-6-12-29/h1-6,9-12H,7-8,13-22,24-27H2. The fourth-order valence-corrected chi connectivity index (χ4v) is 7.68. The molecule has 9 nitrogen and oxygen atoms in total. The first-order valence-electron chi connectivity index (χ1n) is 16.4. The second kappa shape index (κ2) is 13.1. The molecule has 3 fully saturated rings. The van der Waals surface area contributed by atoms with Crippen LogP contribution in [0.3, 0.4) is 0 Å². The van der Waals surface area contributed by atoms with Gasteiger partial charge in [-0.2, -0.15) is 10.2 Å². The maximum Gasteiger partial charge on any atom is 0.410 e. The summed E-state index contributed by atoms with van der Waals surface area (Å²) in [7, 11) is 0. The Morgan fingerprint density at radius 1 is 0.867 bits per heavy atom. The molecule has 45 heavy (non-hydrogen) atoms. The molecule has 1 aromatic heterocycles. The number of pyridine rings is 1. The number of carbonyl (C=O) groups excluding carboxylic acids is 1. The molecule has 7 rings (SSSR count). The Kier molecular flexibility index (Phi) is 8.59. The van der Waals surface area contributed by atoms with E-state index in [0.29, 0.717) is 50.8 Å². The smallest absolute Gasteiger partial charge is 0.410 e. The second-order valence-corrected chi connectivity index (χ2v) is 12.9. The number of piperazine rings is 1. The van der Waals surface area contributed by atoms with Gasteiger partial charge in [-0.3, -0.25) is 9.80 Å². The molecule has 4 aliphatic rings. The summed E-state index contributed by atoms with van der Waals surface area (Å²) in [6.07, 6.45) is 5.20. The van der Waals surface area contributed by atoms with E-state index in [-0.39, 0.29) is 18.2 Å². The summed E-state index contributed by atoms with van der Waals surface area (Å²) in [5.74, 6) is 1.37. The van der Waals surface area contributed by atoms with Crippen LogP contribution < -0.4 is 9.64 Å². The van der Waals surface area contributed by atoms with Gasteiger partial charge in [-0.25, -0.2) is 4.79 Å². The van der Waals surface area contributed by atoms with Crippen molar-refractivity contribution in [1.29, 1.82) is 5.26 Å². The molecule has 9 heteroatoms. The number of anilines is 1. The molecule has 1 amide bonds. The molecule has 0 bridgehead atoms. The predicted octanol–water partition coefficient (Wildman–Crippen LogP) is 4.98. The summed E-state index contributed by atoms with van der Waals surface area (Å²) in [4.78, 5) is 27.0. The quantitative estimate of drug-likeness (QED) is 0.355. The maximum atomic E-state index is 12.9. The number of carbonyl (C=O) groups is 1. The number of rotatable bonds is 8. The van der Waals surface area contributed by atoms with Gasteiger partial charge in [-0.15, -0.1) is 0 Å². The number of nitriles is 1. The zero-order chi connectivity index (χ0) is 30.6. The van der Waals surface area contributed by atoms with E-state index in [0.717, 1.165) is 67.9 Å². The largest absolute Gasteiger partial charge is 0.475 e. The van der Waals surface area contributed by atoms with Crippen LogP contribution in [0.1, 0.15) is 53.5 Å². The summed E-state index contributed by atoms with van der Waals surface area (Å²) in [5, 5.41) is 10.5. The van der Waals surface area contributed by atoms with Crippen molar-refractivity contribution in [1.82, 2.24) is 19.7 Å². The van der Waals surface area contributed by atoms with Gasteiger partial charge in [0.2, 0.25) is 5.88 Å². The van der Waals surface area contributed by atoms with Crippen molar-refractivity contribution in [3.63, 3.8) is 0 Å². The third kappa shape index (κ3) is 6.22. The lowest BCUT2D eigenvalue weighted by Crippen LogP contribution is -2.49. The summed E-state index contributed by atoms with van der Waals surface area (Å²) in [6.45, 7) is 7.91. The Morgan fingerprint density at radius 3 is 2.24 bits per heavy atom. The van der Waals surface area contributed by atoms with Gasteiger partial charge in [0.1, 0.15) is 30.7 Å². The average Bonchev–Trinajstić information content (AvgIpc) is 3.67. The molecule has 2 aromatic carbocycles. The first-order chi connectivity index (χ1) is 22.1. The van der Waals surface area contributed by atoms with Crippen LogP contribution in [0.4, 0.5) is 10.6 Å². The molecule has 0 radical (unpaired) electrons. The number of aromatic nitrogens is 1. The lowest BCUT2D eigenvalue weighted by molar-refractivity contribution is 0.0940. The van der Waals surface area contributed by atoms with E-state index in [1.54, 1.807) is 4.90 Å². The zero-order valence-corrected chi connectivity index (χ0v) is 26.0. The van der Waals surface area contributed by atoms with Crippen molar-refractivity contribution < 1.29 is 14.3 Å². The van der Waals surface area contributed by atoms with Gasteiger partial charge in [0, 0.05) is 51.4 Å². The number of hydrogen-bond acceptors (Lipinski definition) is 8. The van der Waals surface area contributed by atoms with Gasteiger partial charge < -0.3 is 19.3 Å². The first kappa shape index (κ1) is 29.6. The second-order valence-electron chi connectivity index (χ2n) is 12.9. The summed E-state index contributed by atoms with van der Waals surface area (Å²) in [5.41, 5.74) is 5.07. The van der Waals surface area contributed by atoms with Gasteiger partial charge in [-0.1, -0.05) is 60.7 Å². The highest BCUT2D eigenvalue weighted by molar-refractivity contribution is 5.68. The maximum absolute atomic E-state index is 12.9. The number of fused-ring (bicyclic) bond motifs is 2. The van der Waals surface area contributed by atoms with Crippen molar-refractivity contribution in [2.75, 3.05) is 57.3 Å². The van der Waals surface area contributed by atoms with Crippen LogP contribution in [0.25, 0.3) is 0 Å². The van der Waals surface area contributed by atoms with E-state index in [1.165, 1.54) is 18.4 Å². The zero-order valence-electron chi connectivity index (χ0n) is 26.0. The highest BCUT2D eigenvalue weighted by Crippen LogP contribution is 2.41. The van der Waals surface area contributed by atoms with Crippen molar-refractivity contribution >= 4 is 11.9 Å². The highest BCUT2D eigenvalue weighted by Gasteiger charge is 2.45. The van der Waals surface area contributed by atoms with Crippen LogP contribution in [-0.4, -0.2) is 83.7 Å². The van der Waals surface area contributed by atoms with Crippen LogP contribution in [-0.2, 0) is 30.9 Å². The van der Waals surface area contributed by atoms with Crippen LogP contribution >= 0.6 is 0 Å². The molecule has 0 atom stereocenters. The van der Waals surface area contributed by atoms with Crippen molar-refractivity contribution in [3.8, 4) is 11.9 Å². The van der Waals surface area contributed by atoms with E-state index in [1.807, 2.05) is 36.4 Å². The molecule has 0 aliphatic carbocycles. The fraction of sp³-hybridized carbons (Fsp3) is 0.472. The highest BCUT2D eigenvalue weighted by atomic mass is 16.6. The Balaban J connectivity index is 1.11. The molecule has 0 N–H and O–H groups in total. The minimum Gasteiger partial charge on any atom is -0.475 e. The molecule has 0 unspecified atom stereocenters.